The summed E-state index contributed by atoms with van der Waals surface area (Å²) >= 11 is 0. The SMILES string of the molecule is CC(NC(=O)c1ccccc1)NC(=O)C(N)CC(=O)O. The van der Waals surface area contributed by atoms with Crippen LogP contribution < -0.4 is 16.4 Å². The van der Waals surface area contributed by atoms with Gasteiger partial charge >= 0.3 is 5.97 Å². The Labute approximate surface area is 116 Å². The highest BCUT2D eigenvalue weighted by atomic mass is 16.4. The number of aliphatic carboxylic acids is 1. The van der Waals surface area contributed by atoms with E-state index in [9.17, 15) is 14.4 Å². The highest BCUT2D eigenvalue weighted by Crippen LogP contribution is 1.98. The number of amides is 2. The van der Waals surface area contributed by atoms with Gasteiger partial charge < -0.3 is 21.5 Å². The molecule has 2 atom stereocenters. The average Bonchev–Trinajstić information content (AvgIpc) is 2.38. The second-order valence-corrected chi connectivity index (χ2v) is 4.27. The van der Waals surface area contributed by atoms with Gasteiger partial charge in [0.2, 0.25) is 5.91 Å². The van der Waals surface area contributed by atoms with Gasteiger partial charge in [0.25, 0.3) is 5.91 Å². The summed E-state index contributed by atoms with van der Waals surface area (Å²) in [5.41, 5.74) is 5.86. The van der Waals surface area contributed by atoms with Crippen molar-refractivity contribution in [1.82, 2.24) is 10.6 Å². The zero-order chi connectivity index (χ0) is 15.1. The molecule has 2 unspecified atom stereocenters. The molecule has 0 aliphatic carbocycles. The lowest BCUT2D eigenvalue weighted by Crippen LogP contribution is -2.51. The Hall–Kier alpha value is -2.41. The predicted molar refractivity (Wildman–Crippen MR) is 71.7 cm³/mol. The maximum atomic E-state index is 11.8. The largest absolute Gasteiger partial charge is 0.481 e. The molecule has 0 saturated carbocycles. The molecule has 108 valence electrons. The van der Waals surface area contributed by atoms with Crippen molar-refractivity contribution in [2.45, 2.75) is 25.6 Å². The van der Waals surface area contributed by atoms with Crippen LogP contribution >= 0.6 is 0 Å². The third kappa shape index (κ3) is 5.07. The molecule has 7 heteroatoms. The number of carbonyl (C=O) groups excluding carboxylic acids is 2. The molecule has 0 aromatic heterocycles. The van der Waals surface area contributed by atoms with Crippen LogP contribution in [0.3, 0.4) is 0 Å². The summed E-state index contributed by atoms with van der Waals surface area (Å²) in [6, 6.07) is 7.36. The van der Waals surface area contributed by atoms with Gasteiger partial charge in [-0.15, -0.1) is 0 Å². The molecule has 0 bridgehead atoms. The topological polar surface area (TPSA) is 122 Å². The molecule has 2 amide bonds. The zero-order valence-electron chi connectivity index (χ0n) is 11.0. The van der Waals surface area contributed by atoms with E-state index in [0.29, 0.717) is 5.56 Å². The molecular weight excluding hydrogens is 262 g/mol. The zero-order valence-corrected chi connectivity index (χ0v) is 11.0. The molecule has 1 aromatic carbocycles. The Kier molecular flexibility index (Phi) is 5.67. The van der Waals surface area contributed by atoms with Gasteiger partial charge in [-0.1, -0.05) is 18.2 Å². The van der Waals surface area contributed by atoms with Crippen LogP contribution in [0.4, 0.5) is 0 Å². The van der Waals surface area contributed by atoms with Crippen LogP contribution in [-0.2, 0) is 9.59 Å². The van der Waals surface area contributed by atoms with Crippen LogP contribution in [-0.4, -0.2) is 35.1 Å². The first-order valence-electron chi connectivity index (χ1n) is 6.04. The number of carboxylic acids is 1. The monoisotopic (exact) mass is 279 g/mol. The molecule has 0 aliphatic rings. The molecule has 5 N–H and O–H groups in total. The van der Waals surface area contributed by atoms with Gasteiger partial charge in [0.1, 0.15) is 0 Å². The highest BCUT2D eigenvalue weighted by Gasteiger charge is 2.19. The lowest BCUT2D eigenvalue weighted by atomic mass is 10.2. The van der Waals surface area contributed by atoms with Gasteiger partial charge in [-0.25, -0.2) is 0 Å². The van der Waals surface area contributed by atoms with Crippen LogP contribution in [0, 0.1) is 0 Å². The lowest BCUT2D eigenvalue weighted by Gasteiger charge is -2.18. The molecule has 1 aromatic rings. The first-order chi connectivity index (χ1) is 9.40. The van der Waals surface area contributed by atoms with Gasteiger partial charge in [-0.3, -0.25) is 14.4 Å². The van der Waals surface area contributed by atoms with Gasteiger partial charge in [0.15, 0.2) is 0 Å². The van der Waals surface area contributed by atoms with Crippen LogP contribution in [0.5, 0.6) is 0 Å². The molecule has 0 fully saturated rings. The van der Waals surface area contributed by atoms with E-state index < -0.39 is 30.5 Å². The number of nitrogens with two attached hydrogens (primary N) is 1. The number of carboxylic acid groups (broad SMARTS) is 1. The van der Waals surface area contributed by atoms with E-state index >= 15 is 0 Å². The quantitative estimate of drug-likeness (QED) is 0.532. The first kappa shape index (κ1) is 15.6. The van der Waals surface area contributed by atoms with Crippen molar-refractivity contribution in [3.05, 3.63) is 35.9 Å². The van der Waals surface area contributed by atoms with E-state index in [1.54, 1.807) is 37.3 Å². The molecule has 0 aliphatic heterocycles. The van der Waals surface area contributed by atoms with E-state index in [4.69, 9.17) is 10.8 Å². The Morgan fingerprint density at radius 3 is 2.35 bits per heavy atom. The Balaban J connectivity index is 2.47. The minimum atomic E-state index is -1.16. The van der Waals surface area contributed by atoms with Gasteiger partial charge in [-0.2, -0.15) is 0 Å². The average molecular weight is 279 g/mol. The van der Waals surface area contributed by atoms with Crippen LogP contribution in [0.1, 0.15) is 23.7 Å². The minimum absolute atomic E-state index is 0.342. The normalized spacial score (nSPS) is 13.1. The highest BCUT2D eigenvalue weighted by molar-refractivity contribution is 5.94. The summed E-state index contributed by atoms with van der Waals surface area (Å²) in [4.78, 5) is 33.8. The fourth-order valence-corrected chi connectivity index (χ4v) is 1.51. The Morgan fingerprint density at radius 1 is 1.20 bits per heavy atom. The number of hydrogen-bond acceptors (Lipinski definition) is 4. The van der Waals surface area contributed by atoms with E-state index in [0.717, 1.165) is 0 Å². The summed E-state index contributed by atoms with van der Waals surface area (Å²) in [5, 5.41) is 13.5. The van der Waals surface area contributed by atoms with E-state index in [2.05, 4.69) is 10.6 Å². The number of benzene rings is 1. The third-order valence-corrected chi connectivity index (χ3v) is 2.47. The standard InChI is InChI=1S/C13H17N3O4/c1-8(16-13(20)10(14)7-11(17)18)15-12(19)9-5-3-2-4-6-9/h2-6,8,10H,7,14H2,1H3,(H,15,19)(H,16,20)(H,17,18). The Bertz CT molecular complexity index is 490. The van der Waals surface area contributed by atoms with Gasteiger partial charge in [-0.05, 0) is 19.1 Å². The molecule has 0 spiro atoms. The second kappa shape index (κ2) is 7.25. The lowest BCUT2D eigenvalue weighted by molar-refractivity contribution is -0.139. The molecule has 0 radical (unpaired) electrons. The fraction of sp³-hybridized carbons (Fsp3) is 0.308. The second-order valence-electron chi connectivity index (χ2n) is 4.27. The van der Waals surface area contributed by atoms with Gasteiger partial charge in [0, 0.05) is 5.56 Å². The summed E-state index contributed by atoms with van der Waals surface area (Å²) < 4.78 is 0. The number of hydrogen-bond donors (Lipinski definition) is 4. The smallest absolute Gasteiger partial charge is 0.305 e. The van der Waals surface area contributed by atoms with Crippen molar-refractivity contribution in [3.8, 4) is 0 Å². The summed E-state index contributed by atoms with van der Waals surface area (Å²) in [7, 11) is 0. The van der Waals surface area contributed by atoms with Crippen molar-refractivity contribution >= 4 is 17.8 Å². The predicted octanol–water partition coefficient (Wildman–Crippen LogP) is -0.319. The minimum Gasteiger partial charge on any atom is -0.481 e. The summed E-state index contributed by atoms with van der Waals surface area (Å²) in [6.45, 7) is 1.56. The summed E-state index contributed by atoms with van der Waals surface area (Å²) in [5.74, 6) is -2.13. The molecule has 7 nitrogen and oxygen atoms in total. The maximum Gasteiger partial charge on any atom is 0.305 e. The van der Waals surface area contributed by atoms with E-state index in [1.165, 1.54) is 0 Å². The number of rotatable bonds is 6. The number of nitrogens with one attached hydrogen (secondary N) is 2. The Morgan fingerprint density at radius 2 is 1.80 bits per heavy atom. The fourth-order valence-electron chi connectivity index (χ4n) is 1.51. The van der Waals surface area contributed by atoms with Crippen molar-refractivity contribution in [2.24, 2.45) is 5.73 Å². The molecular formula is C13H17N3O4. The van der Waals surface area contributed by atoms with Gasteiger partial charge in [0.05, 0.1) is 18.6 Å². The van der Waals surface area contributed by atoms with E-state index in [-0.39, 0.29) is 5.91 Å². The first-order valence-corrected chi connectivity index (χ1v) is 6.04. The van der Waals surface area contributed by atoms with E-state index in [1.807, 2.05) is 0 Å². The number of carbonyl (C=O) groups is 3. The molecule has 20 heavy (non-hydrogen) atoms. The molecule has 0 heterocycles. The van der Waals surface area contributed by atoms with Crippen LogP contribution in [0.15, 0.2) is 30.3 Å². The van der Waals surface area contributed by atoms with Crippen LogP contribution in [0.25, 0.3) is 0 Å². The molecule has 1 rings (SSSR count). The molecule has 0 saturated heterocycles. The summed E-state index contributed by atoms with van der Waals surface area (Å²) in [6.07, 6.45) is -1.12. The third-order valence-electron chi connectivity index (χ3n) is 2.47. The van der Waals surface area contributed by atoms with Crippen molar-refractivity contribution in [2.75, 3.05) is 0 Å². The van der Waals surface area contributed by atoms with Crippen molar-refractivity contribution < 1.29 is 19.5 Å². The van der Waals surface area contributed by atoms with Crippen molar-refractivity contribution in [1.29, 1.82) is 0 Å². The van der Waals surface area contributed by atoms with Crippen molar-refractivity contribution in [3.63, 3.8) is 0 Å². The maximum absolute atomic E-state index is 11.8. The van der Waals surface area contributed by atoms with Crippen LogP contribution in [0.2, 0.25) is 0 Å².